The number of hydrogen-bond donors (Lipinski definition) is 1. The number of fused-ring (bicyclic) bond motifs is 1. The van der Waals surface area contributed by atoms with Gasteiger partial charge in [-0.05, 0) is 48.4 Å². The highest BCUT2D eigenvalue weighted by Gasteiger charge is 2.15. The number of aromatic nitrogens is 1. The van der Waals surface area contributed by atoms with Gasteiger partial charge in [0.05, 0.1) is 6.20 Å². The van der Waals surface area contributed by atoms with E-state index in [1.54, 1.807) is 18.3 Å². The van der Waals surface area contributed by atoms with E-state index in [1.807, 2.05) is 18.2 Å². The SMILES string of the molecule is O=C(CCc1cnoc1-c1ccc(F)cc1)NCc1ccc2c(c1)OCO2. The third-order valence-electron chi connectivity index (χ3n) is 4.30. The first-order valence-corrected chi connectivity index (χ1v) is 8.54. The molecular formula is C20H17FN2O4. The van der Waals surface area contributed by atoms with Crippen molar-refractivity contribution < 1.29 is 23.2 Å². The number of nitrogens with one attached hydrogen (secondary N) is 1. The van der Waals surface area contributed by atoms with Crippen molar-refractivity contribution in [2.24, 2.45) is 0 Å². The van der Waals surface area contributed by atoms with E-state index in [-0.39, 0.29) is 18.5 Å². The minimum atomic E-state index is -0.317. The summed E-state index contributed by atoms with van der Waals surface area (Å²) in [4.78, 5) is 12.2. The van der Waals surface area contributed by atoms with Crippen LogP contribution in [0.1, 0.15) is 17.5 Å². The maximum Gasteiger partial charge on any atom is 0.231 e. The third-order valence-corrected chi connectivity index (χ3v) is 4.30. The summed E-state index contributed by atoms with van der Waals surface area (Å²) in [5.74, 6) is 1.56. The summed E-state index contributed by atoms with van der Waals surface area (Å²) in [7, 11) is 0. The van der Waals surface area contributed by atoms with E-state index >= 15 is 0 Å². The van der Waals surface area contributed by atoms with Crippen LogP contribution in [0.25, 0.3) is 11.3 Å². The minimum Gasteiger partial charge on any atom is -0.454 e. The Bertz CT molecular complexity index is 953. The van der Waals surface area contributed by atoms with E-state index in [4.69, 9.17) is 14.0 Å². The molecule has 1 N–H and O–H groups in total. The van der Waals surface area contributed by atoms with Crippen LogP contribution in [0.2, 0.25) is 0 Å². The van der Waals surface area contributed by atoms with E-state index in [0.717, 1.165) is 16.7 Å². The van der Waals surface area contributed by atoms with Gasteiger partial charge in [0.15, 0.2) is 17.3 Å². The predicted octanol–water partition coefficient (Wildman–Crippen LogP) is 3.46. The molecule has 7 heteroatoms. The number of benzene rings is 2. The Kier molecular flexibility index (Phi) is 4.74. The van der Waals surface area contributed by atoms with Crippen molar-refractivity contribution in [1.29, 1.82) is 0 Å². The van der Waals surface area contributed by atoms with Gasteiger partial charge in [0, 0.05) is 24.1 Å². The number of nitrogens with zero attached hydrogens (tertiary/aromatic N) is 1. The van der Waals surface area contributed by atoms with E-state index in [2.05, 4.69) is 10.5 Å². The average Bonchev–Trinajstić information content (AvgIpc) is 3.34. The van der Waals surface area contributed by atoms with E-state index in [0.29, 0.717) is 36.6 Å². The minimum absolute atomic E-state index is 0.0843. The monoisotopic (exact) mass is 368 g/mol. The second kappa shape index (κ2) is 7.49. The molecule has 1 amide bonds. The molecule has 2 heterocycles. The van der Waals surface area contributed by atoms with E-state index in [9.17, 15) is 9.18 Å². The van der Waals surface area contributed by atoms with Gasteiger partial charge in [-0.3, -0.25) is 4.79 Å². The fourth-order valence-corrected chi connectivity index (χ4v) is 2.87. The lowest BCUT2D eigenvalue weighted by Crippen LogP contribution is -2.23. The highest BCUT2D eigenvalue weighted by molar-refractivity contribution is 5.76. The summed E-state index contributed by atoms with van der Waals surface area (Å²) in [6.45, 7) is 0.629. The first-order valence-electron chi connectivity index (χ1n) is 8.54. The molecule has 27 heavy (non-hydrogen) atoms. The Morgan fingerprint density at radius 3 is 2.78 bits per heavy atom. The maximum absolute atomic E-state index is 13.1. The number of carbonyl (C=O) groups is 1. The molecule has 0 saturated carbocycles. The normalized spacial score (nSPS) is 12.2. The molecule has 3 aromatic rings. The largest absolute Gasteiger partial charge is 0.454 e. The van der Waals surface area contributed by atoms with Crippen LogP contribution in [0.15, 0.2) is 53.2 Å². The highest BCUT2D eigenvalue weighted by atomic mass is 19.1. The molecule has 0 atom stereocenters. The summed E-state index contributed by atoms with van der Waals surface area (Å²) in [6, 6.07) is 11.5. The van der Waals surface area contributed by atoms with Crippen molar-refractivity contribution in [2.45, 2.75) is 19.4 Å². The van der Waals surface area contributed by atoms with Crippen molar-refractivity contribution in [3.05, 3.63) is 65.6 Å². The van der Waals surface area contributed by atoms with Crippen LogP contribution in [0.5, 0.6) is 11.5 Å². The van der Waals surface area contributed by atoms with Crippen LogP contribution >= 0.6 is 0 Å². The number of ether oxygens (including phenoxy) is 2. The molecular weight excluding hydrogens is 351 g/mol. The Morgan fingerprint density at radius 2 is 1.93 bits per heavy atom. The molecule has 2 aromatic carbocycles. The number of aryl methyl sites for hydroxylation is 1. The molecule has 0 aliphatic carbocycles. The van der Waals surface area contributed by atoms with Crippen LogP contribution in [-0.4, -0.2) is 17.9 Å². The van der Waals surface area contributed by atoms with E-state index < -0.39 is 0 Å². The molecule has 0 saturated heterocycles. The number of amides is 1. The second-order valence-electron chi connectivity index (χ2n) is 6.15. The van der Waals surface area contributed by atoms with Gasteiger partial charge >= 0.3 is 0 Å². The number of halogens is 1. The molecule has 0 bridgehead atoms. The Morgan fingerprint density at radius 1 is 1.11 bits per heavy atom. The van der Waals surface area contributed by atoms with Gasteiger partial charge in [-0.25, -0.2) is 4.39 Å². The average molecular weight is 368 g/mol. The molecule has 0 fully saturated rings. The van der Waals surface area contributed by atoms with Gasteiger partial charge in [-0.1, -0.05) is 11.2 Å². The van der Waals surface area contributed by atoms with Crippen molar-refractivity contribution in [2.75, 3.05) is 6.79 Å². The predicted molar refractivity (Wildman–Crippen MR) is 94.6 cm³/mol. The van der Waals surface area contributed by atoms with Gasteiger partial charge in [-0.2, -0.15) is 0 Å². The van der Waals surface area contributed by atoms with E-state index in [1.165, 1.54) is 12.1 Å². The standard InChI is InChI=1S/C20H17FN2O4/c21-16-5-2-14(3-6-16)20-15(11-23-27-20)4-8-19(24)22-10-13-1-7-17-18(9-13)26-12-25-17/h1-3,5-7,9,11H,4,8,10,12H2,(H,22,24). The maximum atomic E-state index is 13.1. The number of hydrogen-bond acceptors (Lipinski definition) is 5. The molecule has 4 rings (SSSR count). The summed E-state index contributed by atoms with van der Waals surface area (Å²) in [5, 5.41) is 6.68. The fraction of sp³-hybridized carbons (Fsp3) is 0.200. The van der Waals surface area contributed by atoms with Crippen LogP contribution in [0, 0.1) is 5.82 Å². The van der Waals surface area contributed by atoms with Crippen molar-refractivity contribution >= 4 is 5.91 Å². The zero-order chi connectivity index (χ0) is 18.6. The van der Waals surface area contributed by atoms with Gasteiger partial charge < -0.3 is 19.3 Å². The fourth-order valence-electron chi connectivity index (χ4n) is 2.87. The van der Waals surface area contributed by atoms with Gasteiger partial charge in [0.25, 0.3) is 0 Å². The number of rotatable bonds is 6. The van der Waals surface area contributed by atoms with Crippen molar-refractivity contribution in [3.63, 3.8) is 0 Å². The molecule has 0 unspecified atom stereocenters. The Hall–Kier alpha value is -3.35. The lowest BCUT2D eigenvalue weighted by molar-refractivity contribution is -0.121. The molecule has 1 aromatic heterocycles. The lowest BCUT2D eigenvalue weighted by atomic mass is 10.1. The summed E-state index contributed by atoms with van der Waals surface area (Å²) < 4.78 is 28.9. The molecule has 6 nitrogen and oxygen atoms in total. The Labute approximate surface area is 154 Å². The molecule has 1 aliphatic heterocycles. The van der Waals surface area contributed by atoms with Crippen molar-refractivity contribution in [1.82, 2.24) is 10.5 Å². The van der Waals surface area contributed by atoms with Gasteiger partial charge in [-0.15, -0.1) is 0 Å². The topological polar surface area (TPSA) is 73.6 Å². The highest BCUT2D eigenvalue weighted by Crippen LogP contribution is 2.32. The summed E-state index contributed by atoms with van der Waals surface area (Å²) >= 11 is 0. The summed E-state index contributed by atoms with van der Waals surface area (Å²) in [5.41, 5.74) is 2.47. The van der Waals surface area contributed by atoms with Crippen molar-refractivity contribution in [3.8, 4) is 22.8 Å². The van der Waals surface area contributed by atoms with Crippen LogP contribution in [-0.2, 0) is 17.8 Å². The molecule has 1 aliphatic rings. The van der Waals surface area contributed by atoms with Crippen LogP contribution < -0.4 is 14.8 Å². The molecule has 0 radical (unpaired) electrons. The van der Waals surface area contributed by atoms with Crippen LogP contribution in [0.3, 0.4) is 0 Å². The molecule has 138 valence electrons. The third kappa shape index (κ3) is 3.92. The lowest BCUT2D eigenvalue weighted by Gasteiger charge is -2.06. The summed E-state index contributed by atoms with van der Waals surface area (Å²) in [6.07, 6.45) is 2.35. The first kappa shape index (κ1) is 17.1. The van der Waals surface area contributed by atoms with Gasteiger partial charge in [0.1, 0.15) is 5.82 Å². The number of carbonyl (C=O) groups excluding carboxylic acids is 1. The molecule has 0 spiro atoms. The second-order valence-corrected chi connectivity index (χ2v) is 6.15. The zero-order valence-corrected chi connectivity index (χ0v) is 14.4. The zero-order valence-electron chi connectivity index (χ0n) is 14.4. The first-order chi connectivity index (χ1) is 13.2. The quantitative estimate of drug-likeness (QED) is 0.721. The Balaban J connectivity index is 1.32. The smallest absolute Gasteiger partial charge is 0.231 e. The van der Waals surface area contributed by atoms with Gasteiger partial charge in [0.2, 0.25) is 12.7 Å². The van der Waals surface area contributed by atoms with Crippen LogP contribution in [0.4, 0.5) is 4.39 Å².